The van der Waals surface area contributed by atoms with E-state index in [0.29, 0.717) is 24.3 Å². The smallest absolute Gasteiger partial charge is 0.320 e. The number of carboxylic acid groups (broad SMARTS) is 1. The molecule has 0 saturated heterocycles. The van der Waals surface area contributed by atoms with E-state index in [0.717, 1.165) is 24.0 Å². The molecule has 0 aliphatic carbocycles. The van der Waals surface area contributed by atoms with Crippen molar-refractivity contribution in [2.24, 2.45) is 0 Å². The minimum Gasteiger partial charge on any atom is -0.493 e. The first-order chi connectivity index (χ1) is 15.3. The summed E-state index contributed by atoms with van der Waals surface area (Å²) in [6.45, 7) is 2.13. The summed E-state index contributed by atoms with van der Waals surface area (Å²) in [5, 5.41) is 12.8. The molecule has 2 aromatic carbocycles. The van der Waals surface area contributed by atoms with E-state index in [9.17, 15) is 18.3 Å². The largest absolute Gasteiger partial charge is 0.493 e. The maximum atomic E-state index is 13.7. The minimum atomic E-state index is -3.96. The van der Waals surface area contributed by atoms with Crippen LogP contribution in [0.5, 0.6) is 11.5 Å². The lowest BCUT2D eigenvalue weighted by Crippen LogP contribution is -2.56. The fraction of sp³-hybridized carbons (Fsp3) is 0.435. The quantitative estimate of drug-likeness (QED) is 0.559. The number of fused-ring (bicyclic) bond motifs is 1. The predicted octanol–water partition coefficient (Wildman–Crippen LogP) is 3.01. The van der Waals surface area contributed by atoms with Crippen LogP contribution in [0.2, 0.25) is 0 Å². The van der Waals surface area contributed by atoms with Crippen molar-refractivity contribution in [2.45, 2.75) is 56.3 Å². The molecule has 0 unspecified atom stereocenters. The molecular weight excluding hydrogens is 432 g/mol. The van der Waals surface area contributed by atoms with Crippen LogP contribution >= 0.6 is 0 Å². The van der Waals surface area contributed by atoms with E-state index in [4.69, 9.17) is 9.47 Å². The molecule has 0 bridgehead atoms. The summed E-state index contributed by atoms with van der Waals surface area (Å²) in [7, 11) is -1.03. The number of carboxylic acids is 1. The number of hydrogen-bond acceptors (Lipinski definition) is 6. The fourth-order valence-electron chi connectivity index (χ4n) is 3.92. The summed E-state index contributed by atoms with van der Waals surface area (Å²) in [5.74, 6) is -0.252. The summed E-state index contributed by atoms with van der Waals surface area (Å²) < 4.78 is 39.2. The molecule has 0 aromatic heterocycles. The molecule has 174 valence electrons. The third kappa shape index (κ3) is 5.06. The van der Waals surface area contributed by atoms with Crippen molar-refractivity contribution in [1.29, 1.82) is 0 Å². The third-order valence-electron chi connectivity index (χ3n) is 5.71. The summed E-state index contributed by atoms with van der Waals surface area (Å²) in [5.41, 5.74) is 1.90. The van der Waals surface area contributed by atoms with Gasteiger partial charge in [-0.2, -0.15) is 4.31 Å². The molecular formula is C23H30N2O6S. The van der Waals surface area contributed by atoms with Gasteiger partial charge in [-0.05, 0) is 29.7 Å². The van der Waals surface area contributed by atoms with E-state index in [1.165, 1.54) is 30.7 Å². The number of sulfonamides is 1. The van der Waals surface area contributed by atoms with E-state index in [2.05, 4.69) is 5.32 Å². The zero-order valence-corrected chi connectivity index (χ0v) is 19.4. The van der Waals surface area contributed by atoms with Crippen molar-refractivity contribution >= 4 is 16.0 Å². The van der Waals surface area contributed by atoms with Crippen LogP contribution in [-0.4, -0.2) is 50.2 Å². The number of rotatable bonds is 10. The van der Waals surface area contributed by atoms with Crippen molar-refractivity contribution in [1.82, 2.24) is 9.62 Å². The Balaban J connectivity index is 2.00. The highest BCUT2D eigenvalue weighted by atomic mass is 32.2. The van der Waals surface area contributed by atoms with Gasteiger partial charge in [-0.15, -0.1) is 0 Å². The van der Waals surface area contributed by atoms with Gasteiger partial charge in [-0.25, -0.2) is 8.42 Å². The van der Waals surface area contributed by atoms with Gasteiger partial charge in [0.15, 0.2) is 11.5 Å². The molecule has 32 heavy (non-hydrogen) atoms. The van der Waals surface area contributed by atoms with E-state index in [-0.39, 0.29) is 11.4 Å². The van der Waals surface area contributed by atoms with Crippen molar-refractivity contribution in [2.75, 3.05) is 14.2 Å². The second-order valence-electron chi connectivity index (χ2n) is 7.76. The van der Waals surface area contributed by atoms with Crippen molar-refractivity contribution in [3.8, 4) is 11.5 Å². The zero-order chi connectivity index (χ0) is 23.3. The first kappa shape index (κ1) is 24.0. The number of unbranched alkanes of at least 4 members (excludes halogenated alkanes) is 1. The molecule has 8 nitrogen and oxygen atoms in total. The van der Waals surface area contributed by atoms with Gasteiger partial charge >= 0.3 is 5.97 Å². The standard InChI is InChI=1S/C23H30N2O6S/c1-4-5-10-19(23(26)27)24-22-13-16-8-6-7-9-17(16)15-25(22)32(28,29)18-11-12-20(30-2)21(14-18)31-3/h6-9,11-12,14,19,22,24H,4-5,10,13,15H2,1-3H3,(H,26,27)/t19-,22-/m0/s1. The fourth-order valence-corrected chi connectivity index (χ4v) is 5.47. The Hall–Kier alpha value is -2.62. The monoisotopic (exact) mass is 462 g/mol. The Morgan fingerprint density at radius 3 is 2.47 bits per heavy atom. The van der Waals surface area contributed by atoms with Crippen LogP contribution in [0.4, 0.5) is 0 Å². The molecule has 0 amide bonds. The zero-order valence-electron chi connectivity index (χ0n) is 18.6. The topological polar surface area (TPSA) is 105 Å². The van der Waals surface area contributed by atoms with E-state index in [1.807, 2.05) is 31.2 Å². The van der Waals surface area contributed by atoms with Crippen molar-refractivity contribution in [3.63, 3.8) is 0 Å². The second-order valence-corrected chi connectivity index (χ2v) is 9.65. The Bertz CT molecular complexity index is 1060. The molecule has 0 spiro atoms. The molecule has 2 aromatic rings. The molecule has 9 heteroatoms. The van der Waals surface area contributed by atoms with Crippen LogP contribution in [0.15, 0.2) is 47.4 Å². The number of carbonyl (C=O) groups is 1. The van der Waals surface area contributed by atoms with Crippen LogP contribution in [0, 0.1) is 0 Å². The lowest BCUT2D eigenvalue weighted by Gasteiger charge is -2.38. The maximum absolute atomic E-state index is 13.7. The number of nitrogens with one attached hydrogen (secondary N) is 1. The molecule has 1 aliphatic heterocycles. The van der Waals surface area contributed by atoms with Crippen LogP contribution < -0.4 is 14.8 Å². The summed E-state index contributed by atoms with van der Waals surface area (Å²) in [6, 6.07) is 11.2. The predicted molar refractivity (Wildman–Crippen MR) is 120 cm³/mol. The molecule has 1 aliphatic rings. The van der Waals surface area contributed by atoms with E-state index >= 15 is 0 Å². The van der Waals surface area contributed by atoms with Crippen molar-refractivity contribution < 1.29 is 27.8 Å². The third-order valence-corrected chi connectivity index (χ3v) is 7.56. The number of hydrogen-bond donors (Lipinski definition) is 2. The number of nitrogens with zero attached hydrogens (tertiary/aromatic N) is 1. The number of ether oxygens (including phenoxy) is 2. The van der Waals surface area contributed by atoms with Crippen LogP contribution in [0.1, 0.15) is 37.3 Å². The van der Waals surface area contributed by atoms with Gasteiger partial charge in [-0.3, -0.25) is 10.1 Å². The number of aliphatic carboxylic acids is 1. The van der Waals surface area contributed by atoms with Gasteiger partial charge in [0.05, 0.1) is 25.3 Å². The Morgan fingerprint density at radius 2 is 1.84 bits per heavy atom. The molecule has 2 N–H and O–H groups in total. The van der Waals surface area contributed by atoms with Gasteiger partial charge in [0.2, 0.25) is 10.0 Å². The molecule has 3 rings (SSSR count). The lowest BCUT2D eigenvalue weighted by atomic mass is 9.98. The summed E-state index contributed by atoms with van der Waals surface area (Å²) in [4.78, 5) is 11.9. The average Bonchev–Trinajstić information content (AvgIpc) is 2.80. The van der Waals surface area contributed by atoms with Gasteiger partial charge in [0.1, 0.15) is 6.04 Å². The molecule has 0 saturated carbocycles. The van der Waals surface area contributed by atoms with Crippen LogP contribution in [0.25, 0.3) is 0 Å². The highest BCUT2D eigenvalue weighted by molar-refractivity contribution is 7.89. The molecule has 1 heterocycles. The van der Waals surface area contributed by atoms with Crippen molar-refractivity contribution in [3.05, 3.63) is 53.6 Å². The lowest BCUT2D eigenvalue weighted by molar-refractivity contribution is -0.140. The minimum absolute atomic E-state index is 0.0572. The Labute approximate surface area is 189 Å². The van der Waals surface area contributed by atoms with E-state index in [1.54, 1.807) is 6.07 Å². The van der Waals surface area contributed by atoms with E-state index < -0.39 is 28.2 Å². The van der Waals surface area contributed by atoms with Gasteiger partial charge in [0.25, 0.3) is 0 Å². The molecule has 0 radical (unpaired) electrons. The summed E-state index contributed by atoms with van der Waals surface area (Å²) in [6.07, 6.45) is 1.69. The Kier molecular flexibility index (Phi) is 7.76. The normalized spacial score (nSPS) is 17.4. The van der Waals surface area contributed by atoms with Gasteiger partial charge in [-0.1, -0.05) is 44.0 Å². The van der Waals surface area contributed by atoms with Crippen LogP contribution in [-0.2, 0) is 27.8 Å². The highest BCUT2D eigenvalue weighted by Gasteiger charge is 2.38. The van der Waals surface area contributed by atoms with Crippen LogP contribution in [0.3, 0.4) is 0 Å². The SMILES string of the molecule is CCCC[C@H](N[C@@H]1Cc2ccccc2CN1S(=O)(=O)c1ccc(OC)c(OC)c1)C(=O)O. The average molecular weight is 463 g/mol. The number of methoxy groups -OCH3 is 2. The first-order valence-corrected chi connectivity index (χ1v) is 12.0. The van der Waals surface area contributed by atoms with Gasteiger partial charge in [0, 0.05) is 19.0 Å². The molecule has 2 atom stereocenters. The second kappa shape index (κ2) is 10.3. The highest BCUT2D eigenvalue weighted by Crippen LogP contribution is 2.33. The number of benzene rings is 2. The molecule has 0 fully saturated rings. The first-order valence-electron chi connectivity index (χ1n) is 10.6. The van der Waals surface area contributed by atoms with Gasteiger partial charge < -0.3 is 14.6 Å². The Morgan fingerprint density at radius 1 is 1.16 bits per heavy atom. The summed E-state index contributed by atoms with van der Waals surface area (Å²) >= 11 is 0. The maximum Gasteiger partial charge on any atom is 0.320 e.